The van der Waals surface area contributed by atoms with Crippen LogP contribution in [0.25, 0.3) is 17.0 Å². The number of benzene rings is 2. The monoisotopic (exact) mass is 512 g/mol. The first-order valence-electron chi connectivity index (χ1n) is 10.9. The number of oxazole rings is 1. The number of fused-ring (bicyclic) bond motifs is 1. The van der Waals surface area contributed by atoms with E-state index in [-0.39, 0.29) is 23.1 Å². The van der Waals surface area contributed by atoms with E-state index in [1.54, 1.807) is 12.1 Å². The molecule has 2 atom stereocenters. The van der Waals surface area contributed by atoms with Gasteiger partial charge in [0.2, 0.25) is 5.89 Å². The second-order valence-corrected chi connectivity index (χ2v) is 8.57. The largest absolute Gasteiger partial charge is 0.436 e. The van der Waals surface area contributed by atoms with Crippen LogP contribution in [0, 0.1) is 17.6 Å². The fraction of sp³-hybridized carbons (Fsp3) is 0.280. The SMILES string of the molecule is Fc1cccc(F)c1C1=NC(c2ccc(-c3nc4c(o3)C(C(F)(F)F)=CC(C(F)(F)F)C4)cc2)CC1. The second kappa shape index (κ2) is 8.56. The molecule has 5 rings (SSSR count). The summed E-state index contributed by atoms with van der Waals surface area (Å²) in [5, 5.41) is 0. The first kappa shape index (κ1) is 24.2. The summed E-state index contributed by atoms with van der Waals surface area (Å²) in [6.45, 7) is 0. The zero-order chi connectivity index (χ0) is 25.8. The van der Waals surface area contributed by atoms with E-state index in [1.165, 1.54) is 18.2 Å². The number of aromatic nitrogens is 1. The van der Waals surface area contributed by atoms with Crippen LogP contribution < -0.4 is 0 Å². The average molecular weight is 512 g/mol. The fourth-order valence-corrected chi connectivity index (χ4v) is 4.44. The van der Waals surface area contributed by atoms with Crippen molar-refractivity contribution in [3.63, 3.8) is 0 Å². The van der Waals surface area contributed by atoms with Crippen molar-refractivity contribution in [1.29, 1.82) is 0 Å². The number of hydrogen-bond donors (Lipinski definition) is 0. The third-order valence-corrected chi connectivity index (χ3v) is 6.21. The number of halogens is 8. The minimum Gasteiger partial charge on any atom is -0.436 e. The Morgan fingerprint density at radius 2 is 1.56 bits per heavy atom. The van der Waals surface area contributed by atoms with E-state index in [0.717, 1.165) is 12.1 Å². The predicted octanol–water partition coefficient (Wildman–Crippen LogP) is 7.62. The summed E-state index contributed by atoms with van der Waals surface area (Å²) >= 11 is 0. The lowest BCUT2D eigenvalue weighted by molar-refractivity contribution is -0.161. The summed E-state index contributed by atoms with van der Waals surface area (Å²) < 4.78 is 113. The van der Waals surface area contributed by atoms with Crippen molar-refractivity contribution in [1.82, 2.24) is 4.98 Å². The molecule has 2 aliphatic rings. The Hall–Kier alpha value is -3.50. The van der Waals surface area contributed by atoms with Crippen LogP contribution in [-0.2, 0) is 6.42 Å². The molecule has 1 aliphatic heterocycles. The van der Waals surface area contributed by atoms with Crippen molar-refractivity contribution in [3.05, 3.63) is 82.8 Å². The third-order valence-electron chi connectivity index (χ3n) is 6.21. The van der Waals surface area contributed by atoms with Crippen molar-refractivity contribution in [2.24, 2.45) is 10.9 Å². The molecule has 2 unspecified atom stereocenters. The summed E-state index contributed by atoms with van der Waals surface area (Å²) in [5.74, 6) is -4.71. The molecule has 36 heavy (non-hydrogen) atoms. The molecule has 0 N–H and O–H groups in total. The molecule has 11 heteroatoms. The van der Waals surface area contributed by atoms with Crippen molar-refractivity contribution in [2.45, 2.75) is 37.7 Å². The molecule has 3 aromatic rings. The zero-order valence-electron chi connectivity index (χ0n) is 18.2. The average Bonchev–Trinajstić information content (AvgIpc) is 3.45. The number of allylic oxidation sites excluding steroid dienone is 2. The molecule has 2 aromatic carbocycles. The smallest absolute Gasteiger partial charge is 0.419 e. The molecule has 188 valence electrons. The van der Waals surface area contributed by atoms with Crippen LogP contribution in [0.3, 0.4) is 0 Å². The van der Waals surface area contributed by atoms with Crippen LogP contribution >= 0.6 is 0 Å². The van der Waals surface area contributed by atoms with Gasteiger partial charge in [0.15, 0.2) is 5.76 Å². The Morgan fingerprint density at radius 3 is 2.17 bits per heavy atom. The van der Waals surface area contributed by atoms with Gasteiger partial charge in [-0.05, 0) is 42.7 Å². The van der Waals surface area contributed by atoms with Crippen LogP contribution in [0.2, 0.25) is 0 Å². The van der Waals surface area contributed by atoms with E-state index in [2.05, 4.69) is 9.98 Å². The molecule has 0 fully saturated rings. The Bertz CT molecular complexity index is 1350. The van der Waals surface area contributed by atoms with Gasteiger partial charge in [-0.3, -0.25) is 4.99 Å². The summed E-state index contributed by atoms with van der Waals surface area (Å²) in [6, 6.07) is 9.41. The summed E-state index contributed by atoms with van der Waals surface area (Å²) in [7, 11) is 0. The van der Waals surface area contributed by atoms with Gasteiger partial charge in [0.1, 0.15) is 11.6 Å². The van der Waals surface area contributed by atoms with Gasteiger partial charge in [-0.25, -0.2) is 13.8 Å². The lowest BCUT2D eigenvalue weighted by Gasteiger charge is -2.22. The Balaban J connectivity index is 1.42. The van der Waals surface area contributed by atoms with Crippen LogP contribution in [0.15, 0.2) is 58.0 Å². The maximum atomic E-state index is 14.1. The van der Waals surface area contributed by atoms with Gasteiger partial charge in [0.05, 0.1) is 28.8 Å². The van der Waals surface area contributed by atoms with Gasteiger partial charge in [-0.2, -0.15) is 26.3 Å². The molecule has 0 saturated carbocycles. The molecule has 3 nitrogen and oxygen atoms in total. The van der Waals surface area contributed by atoms with Gasteiger partial charge in [-0.1, -0.05) is 24.3 Å². The normalized spacial score (nSPS) is 20.2. The van der Waals surface area contributed by atoms with E-state index in [0.29, 0.717) is 24.1 Å². The number of hydrogen-bond acceptors (Lipinski definition) is 3. The topological polar surface area (TPSA) is 38.4 Å². The van der Waals surface area contributed by atoms with Crippen LogP contribution in [-0.4, -0.2) is 23.0 Å². The fourth-order valence-electron chi connectivity index (χ4n) is 4.44. The molecular formula is C25H16F8N2O. The molecule has 0 amide bonds. The molecule has 0 saturated heterocycles. The maximum Gasteiger partial charge on any atom is 0.419 e. The van der Waals surface area contributed by atoms with Crippen LogP contribution in [0.4, 0.5) is 35.1 Å². The van der Waals surface area contributed by atoms with Crippen molar-refractivity contribution in [2.75, 3.05) is 0 Å². The molecule has 2 heterocycles. The first-order valence-corrected chi connectivity index (χ1v) is 10.9. The van der Waals surface area contributed by atoms with Crippen LogP contribution in [0.1, 0.15) is 41.5 Å². The Morgan fingerprint density at radius 1 is 0.889 bits per heavy atom. The molecule has 0 bridgehead atoms. The number of aliphatic imine (C=N–C) groups is 1. The molecule has 0 radical (unpaired) electrons. The van der Waals surface area contributed by atoms with E-state index in [9.17, 15) is 35.1 Å². The lowest BCUT2D eigenvalue weighted by Crippen LogP contribution is -2.28. The maximum absolute atomic E-state index is 14.1. The number of rotatable bonds is 3. The van der Waals surface area contributed by atoms with Gasteiger partial charge < -0.3 is 4.42 Å². The van der Waals surface area contributed by atoms with Gasteiger partial charge in [0, 0.05) is 17.7 Å². The molecular weight excluding hydrogens is 496 g/mol. The highest BCUT2D eigenvalue weighted by Gasteiger charge is 2.48. The van der Waals surface area contributed by atoms with E-state index >= 15 is 0 Å². The summed E-state index contributed by atoms with van der Waals surface area (Å²) in [5.41, 5.74) is -0.841. The van der Waals surface area contributed by atoms with Gasteiger partial charge in [-0.15, -0.1) is 0 Å². The minimum absolute atomic E-state index is 0.133. The van der Waals surface area contributed by atoms with Crippen LogP contribution in [0.5, 0.6) is 0 Å². The predicted molar refractivity (Wildman–Crippen MR) is 114 cm³/mol. The Kier molecular flexibility index (Phi) is 5.76. The standard InChI is InChI=1S/C25H16F8N2O/c26-16-2-1-3-17(27)21(16)19-9-8-18(34-19)12-4-6-13(7-5-12)23-35-20-11-14(24(28,29)30)10-15(22(20)36-23)25(31,32)33/h1-7,10,14,18H,8-9,11H2. The first-order chi connectivity index (χ1) is 16.9. The van der Waals surface area contributed by atoms with E-state index < -0.39 is 59.4 Å². The number of nitrogens with zero attached hydrogens (tertiary/aromatic N) is 2. The van der Waals surface area contributed by atoms with Crippen molar-refractivity contribution < 1.29 is 39.5 Å². The summed E-state index contributed by atoms with van der Waals surface area (Å²) in [6.07, 6.45) is -9.69. The highest BCUT2D eigenvalue weighted by atomic mass is 19.4. The minimum atomic E-state index is -5.05. The molecule has 1 aliphatic carbocycles. The zero-order valence-corrected chi connectivity index (χ0v) is 18.2. The lowest BCUT2D eigenvalue weighted by atomic mass is 9.91. The Labute approximate surface area is 199 Å². The highest BCUT2D eigenvalue weighted by Crippen LogP contribution is 2.45. The second-order valence-electron chi connectivity index (χ2n) is 8.57. The quantitative estimate of drug-likeness (QED) is 0.339. The molecule has 1 aromatic heterocycles. The highest BCUT2D eigenvalue weighted by molar-refractivity contribution is 6.02. The molecule has 0 spiro atoms. The van der Waals surface area contributed by atoms with Gasteiger partial charge in [0.25, 0.3) is 0 Å². The van der Waals surface area contributed by atoms with Crippen molar-refractivity contribution in [3.8, 4) is 11.5 Å². The number of alkyl halides is 6. The van der Waals surface area contributed by atoms with E-state index in [1.807, 2.05) is 0 Å². The van der Waals surface area contributed by atoms with E-state index in [4.69, 9.17) is 4.42 Å². The van der Waals surface area contributed by atoms with Crippen molar-refractivity contribution >= 4 is 11.3 Å². The summed E-state index contributed by atoms with van der Waals surface area (Å²) in [4.78, 5) is 8.36. The third kappa shape index (κ3) is 4.42. The van der Waals surface area contributed by atoms with Gasteiger partial charge >= 0.3 is 12.4 Å².